The number of nitrogens with one attached hydrogen (secondary N) is 3. The minimum atomic E-state index is -4.51. The van der Waals surface area contributed by atoms with Crippen molar-refractivity contribution in [3.05, 3.63) is 90.0 Å². The molecular weight excluding hydrogens is 407 g/mol. The lowest BCUT2D eigenvalue weighted by Crippen LogP contribution is -2.27. The molecule has 160 valence electrons. The van der Waals surface area contributed by atoms with Crippen molar-refractivity contribution in [1.82, 2.24) is 0 Å². The van der Waals surface area contributed by atoms with Crippen LogP contribution >= 0.6 is 0 Å². The molecule has 3 aromatic carbocycles. The van der Waals surface area contributed by atoms with Gasteiger partial charge in [0.2, 0.25) is 5.91 Å². The fourth-order valence-corrected chi connectivity index (χ4v) is 2.95. The molecule has 1 unspecified atom stereocenters. The first-order chi connectivity index (χ1) is 14.7. The molecule has 5 nitrogen and oxygen atoms in total. The zero-order valence-electron chi connectivity index (χ0n) is 16.5. The molecule has 0 aliphatic rings. The van der Waals surface area contributed by atoms with Gasteiger partial charge in [-0.2, -0.15) is 13.2 Å². The first kappa shape index (κ1) is 21.9. The highest BCUT2D eigenvalue weighted by atomic mass is 19.4. The lowest BCUT2D eigenvalue weighted by molar-refractivity contribution is -0.137. The van der Waals surface area contributed by atoms with Crippen molar-refractivity contribution in [2.75, 3.05) is 16.0 Å². The second kappa shape index (κ2) is 9.34. The smallest absolute Gasteiger partial charge is 0.370 e. The van der Waals surface area contributed by atoms with Crippen molar-refractivity contribution < 1.29 is 22.8 Å². The Morgan fingerprint density at radius 2 is 1.42 bits per heavy atom. The fourth-order valence-electron chi connectivity index (χ4n) is 2.95. The highest BCUT2D eigenvalue weighted by molar-refractivity contribution is 5.97. The Morgan fingerprint density at radius 1 is 0.774 bits per heavy atom. The Bertz CT molecular complexity index is 1050. The van der Waals surface area contributed by atoms with Gasteiger partial charge in [0.1, 0.15) is 6.04 Å². The Balaban J connectivity index is 1.83. The molecule has 1 atom stereocenters. The third-order valence-corrected chi connectivity index (χ3v) is 4.37. The lowest BCUT2D eigenvalue weighted by atomic mass is 10.1. The van der Waals surface area contributed by atoms with Crippen LogP contribution in [0.1, 0.15) is 24.1 Å². The van der Waals surface area contributed by atoms with Crippen LogP contribution in [0.25, 0.3) is 0 Å². The number of rotatable bonds is 6. The Labute approximate surface area is 177 Å². The van der Waals surface area contributed by atoms with Crippen LogP contribution in [0, 0.1) is 0 Å². The van der Waals surface area contributed by atoms with Crippen LogP contribution in [0.5, 0.6) is 0 Å². The SMILES string of the molecule is CC(=O)Nc1ccc(NC(C(=O)Nc2cccc(C(F)(F)F)c2)c2ccccc2)cc1. The predicted molar refractivity (Wildman–Crippen MR) is 114 cm³/mol. The maximum Gasteiger partial charge on any atom is 0.416 e. The van der Waals surface area contributed by atoms with E-state index >= 15 is 0 Å². The maximum atomic E-state index is 13.0. The van der Waals surface area contributed by atoms with E-state index in [1.165, 1.54) is 19.1 Å². The zero-order valence-corrected chi connectivity index (χ0v) is 16.5. The molecule has 2 amide bonds. The van der Waals surface area contributed by atoms with Crippen molar-refractivity contribution in [2.24, 2.45) is 0 Å². The number of anilines is 3. The molecule has 0 radical (unpaired) electrons. The number of halogens is 3. The van der Waals surface area contributed by atoms with Gasteiger partial charge in [-0.05, 0) is 48.0 Å². The van der Waals surface area contributed by atoms with Gasteiger partial charge in [0.05, 0.1) is 5.56 Å². The van der Waals surface area contributed by atoms with Gasteiger partial charge in [-0.1, -0.05) is 36.4 Å². The number of hydrogen-bond acceptors (Lipinski definition) is 3. The van der Waals surface area contributed by atoms with Crippen LogP contribution in [0.2, 0.25) is 0 Å². The summed E-state index contributed by atoms with van der Waals surface area (Å²) in [6.45, 7) is 1.40. The third kappa shape index (κ3) is 6.08. The van der Waals surface area contributed by atoms with Crippen LogP contribution in [0.15, 0.2) is 78.9 Å². The molecule has 31 heavy (non-hydrogen) atoms. The first-order valence-electron chi connectivity index (χ1n) is 9.39. The molecule has 0 saturated carbocycles. The Morgan fingerprint density at radius 3 is 2.03 bits per heavy atom. The minimum Gasteiger partial charge on any atom is -0.370 e. The number of amides is 2. The van der Waals surface area contributed by atoms with Gasteiger partial charge in [-0.15, -0.1) is 0 Å². The summed E-state index contributed by atoms with van der Waals surface area (Å²) in [5.74, 6) is -0.722. The van der Waals surface area contributed by atoms with Gasteiger partial charge < -0.3 is 16.0 Å². The maximum absolute atomic E-state index is 13.0. The molecule has 0 saturated heterocycles. The van der Waals surface area contributed by atoms with E-state index in [1.54, 1.807) is 54.6 Å². The molecule has 0 fully saturated rings. The average Bonchev–Trinajstić information content (AvgIpc) is 2.73. The Kier molecular flexibility index (Phi) is 6.59. The molecular formula is C23H20F3N3O2. The van der Waals surface area contributed by atoms with E-state index in [0.717, 1.165) is 12.1 Å². The third-order valence-electron chi connectivity index (χ3n) is 4.37. The quantitative estimate of drug-likeness (QED) is 0.490. The van der Waals surface area contributed by atoms with Crippen molar-refractivity contribution >= 4 is 28.9 Å². The lowest BCUT2D eigenvalue weighted by Gasteiger charge is -2.20. The number of hydrogen-bond donors (Lipinski definition) is 3. The molecule has 8 heteroatoms. The van der Waals surface area contributed by atoms with E-state index < -0.39 is 23.7 Å². The highest BCUT2D eigenvalue weighted by Gasteiger charge is 2.30. The first-order valence-corrected chi connectivity index (χ1v) is 9.39. The highest BCUT2D eigenvalue weighted by Crippen LogP contribution is 2.31. The minimum absolute atomic E-state index is 0.0450. The summed E-state index contributed by atoms with van der Waals surface area (Å²) in [4.78, 5) is 24.1. The van der Waals surface area contributed by atoms with Crippen molar-refractivity contribution in [2.45, 2.75) is 19.1 Å². The monoisotopic (exact) mass is 427 g/mol. The summed E-state index contributed by atoms with van der Waals surface area (Å²) in [5, 5.41) is 8.30. The summed E-state index contributed by atoms with van der Waals surface area (Å²) in [5.41, 5.74) is 1.04. The van der Waals surface area contributed by atoms with Gasteiger partial charge in [-0.3, -0.25) is 9.59 Å². The molecule has 0 heterocycles. The standard InChI is InChI=1S/C23H20F3N3O2/c1-15(30)27-18-10-12-19(13-11-18)28-21(16-6-3-2-4-7-16)22(31)29-20-9-5-8-17(14-20)23(24,25)26/h2-14,21,28H,1H3,(H,27,30)(H,29,31). The molecule has 0 spiro atoms. The van der Waals surface area contributed by atoms with Crippen molar-refractivity contribution in [3.63, 3.8) is 0 Å². The van der Waals surface area contributed by atoms with E-state index in [1.807, 2.05) is 0 Å². The Hall–Kier alpha value is -3.81. The number of alkyl halides is 3. The number of carbonyl (C=O) groups is 2. The van der Waals surface area contributed by atoms with E-state index in [9.17, 15) is 22.8 Å². The molecule has 0 aliphatic carbocycles. The molecule has 0 bridgehead atoms. The molecule has 3 N–H and O–H groups in total. The molecule has 3 rings (SSSR count). The fraction of sp³-hybridized carbons (Fsp3) is 0.130. The van der Waals surface area contributed by atoms with Crippen LogP contribution in [0.3, 0.4) is 0 Å². The zero-order chi connectivity index (χ0) is 22.4. The van der Waals surface area contributed by atoms with Gasteiger partial charge in [0.25, 0.3) is 5.91 Å². The van der Waals surface area contributed by atoms with E-state index in [4.69, 9.17) is 0 Å². The van der Waals surface area contributed by atoms with Crippen molar-refractivity contribution in [3.8, 4) is 0 Å². The second-order valence-electron chi connectivity index (χ2n) is 6.81. The summed E-state index contributed by atoms with van der Waals surface area (Å²) in [6.07, 6.45) is -4.51. The van der Waals surface area contributed by atoms with Crippen LogP contribution in [-0.4, -0.2) is 11.8 Å². The van der Waals surface area contributed by atoms with E-state index in [-0.39, 0.29) is 11.6 Å². The molecule has 3 aromatic rings. The van der Waals surface area contributed by atoms with Crippen molar-refractivity contribution in [1.29, 1.82) is 0 Å². The number of benzene rings is 3. The van der Waals surface area contributed by atoms with Crippen LogP contribution in [0.4, 0.5) is 30.2 Å². The van der Waals surface area contributed by atoms with Gasteiger partial charge in [0.15, 0.2) is 0 Å². The second-order valence-corrected chi connectivity index (χ2v) is 6.81. The van der Waals surface area contributed by atoms with Gasteiger partial charge in [-0.25, -0.2) is 0 Å². The normalized spacial score (nSPS) is 12.0. The van der Waals surface area contributed by atoms with E-state index in [2.05, 4.69) is 16.0 Å². The topological polar surface area (TPSA) is 70.2 Å². The summed E-state index contributed by atoms with van der Waals surface area (Å²) in [6, 6.07) is 19.2. The summed E-state index contributed by atoms with van der Waals surface area (Å²) in [7, 11) is 0. The van der Waals surface area contributed by atoms with Gasteiger partial charge in [0, 0.05) is 24.0 Å². The summed E-state index contributed by atoms with van der Waals surface area (Å²) < 4.78 is 38.9. The van der Waals surface area contributed by atoms with E-state index in [0.29, 0.717) is 16.9 Å². The summed E-state index contributed by atoms with van der Waals surface area (Å²) >= 11 is 0. The number of carbonyl (C=O) groups excluding carboxylic acids is 2. The van der Waals surface area contributed by atoms with Crippen LogP contribution < -0.4 is 16.0 Å². The molecule has 0 aromatic heterocycles. The van der Waals surface area contributed by atoms with Crippen LogP contribution in [-0.2, 0) is 15.8 Å². The average molecular weight is 427 g/mol. The molecule has 0 aliphatic heterocycles. The largest absolute Gasteiger partial charge is 0.416 e. The predicted octanol–water partition coefficient (Wildman–Crippen LogP) is 5.46. The van der Waals surface area contributed by atoms with Gasteiger partial charge >= 0.3 is 6.18 Å².